The summed E-state index contributed by atoms with van der Waals surface area (Å²) >= 11 is 0. The molecular formula is C31H55N5O3. The summed E-state index contributed by atoms with van der Waals surface area (Å²) in [5.74, 6) is 1.78. The van der Waals surface area contributed by atoms with Crippen LogP contribution in [0.1, 0.15) is 87.5 Å². The summed E-state index contributed by atoms with van der Waals surface area (Å²) < 4.78 is 11.6. The minimum absolute atomic E-state index is 0.0288. The Kier molecular flexibility index (Phi) is 10.5. The zero-order valence-corrected chi connectivity index (χ0v) is 25.8. The van der Waals surface area contributed by atoms with Crippen molar-refractivity contribution < 1.29 is 14.3 Å². The molecule has 0 spiro atoms. The third-order valence-corrected chi connectivity index (χ3v) is 8.07. The van der Waals surface area contributed by atoms with Gasteiger partial charge in [0.1, 0.15) is 0 Å². The number of nitrogens with two attached hydrogens (primary N) is 1. The van der Waals surface area contributed by atoms with E-state index in [0.29, 0.717) is 36.9 Å². The number of nitrogens with zero attached hydrogens (tertiary/aromatic N) is 2. The molecule has 0 aromatic rings. The number of amides is 1. The van der Waals surface area contributed by atoms with Gasteiger partial charge in [0.05, 0.1) is 19.1 Å². The van der Waals surface area contributed by atoms with Crippen LogP contribution in [-0.2, 0) is 9.47 Å². The summed E-state index contributed by atoms with van der Waals surface area (Å²) in [7, 11) is 0. The van der Waals surface area contributed by atoms with Gasteiger partial charge in [-0.15, -0.1) is 0 Å². The van der Waals surface area contributed by atoms with Gasteiger partial charge in [-0.3, -0.25) is 5.01 Å². The standard InChI is InChI=1S/C31H55N5O3/c1-10-24-14-22-13-23(19-39-29(32)37)16-25(15-22)27(24)34-21(4)26-17-33-36(28(26)38-18-20(2)3)12-11-31(8,9)35-30(5,6)7/h15,17,20,22-24,26-28,34-35H,4,10-14,16,18-19H2,1-3,5-9H3,(H2,32,37)/t22?,23-,24?,26?,27+,28?/m0/s1. The van der Waals surface area contributed by atoms with Crippen molar-refractivity contribution in [1.82, 2.24) is 15.6 Å². The van der Waals surface area contributed by atoms with Crippen molar-refractivity contribution in [1.29, 1.82) is 0 Å². The Balaban J connectivity index is 1.69. The van der Waals surface area contributed by atoms with Crippen LogP contribution >= 0.6 is 0 Å². The Morgan fingerprint density at radius 2 is 1.97 bits per heavy atom. The second-order valence-corrected chi connectivity index (χ2v) is 14.1. The topological polar surface area (TPSA) is 101 Å². The summed E-state index contributed by atoms with van der Waals surface area (Å²) in [6, 6.07) is 0.221. The largest absolute Gasteiger partial charge is 0.449 e. The molecule has 2 aliphatic carbocycles. The molecule has 6 atom stereocenters. The number of carbonyl (C=O) groups excluding carboxylic acids is 1. The van der Waals surface area contributed by atoms with Gasteiger partial charge in [-0.1, -0.05) is 45.4 Å². The predicted octanol–water partition coefficient (Wildman–Crippen LogP) is 5.41. The molecule has 222 valence electrons. The summed E-state index contributed by atoms with van der Waals surface area (Å²) in [4.78, 5) is 11.2. The molecule has 0 radical (unpaired) electrons. The number of hydrogen-bond acceptors (Lipinski definition) is 7. The van der Waals surface area contributed by atoms with Crippen LogP contribution in [0.25, 0.3) is 0 Å². The van der Waals surface area contributed by atoms with Crippen LogP contribution in [0.5, 0.6) is 0 Å². The van der Waals surface area contributed by atoms with Crippen molar-refractivity contribution in [2.24, 2.45) is 40.4 Å². The van der Waals surface area contributed by atoms with Crippen LogP contribution < -0.4 is 16.4 Å². The van der Waals surface area contributed by atoms with E-state index in [4.69, 9.17) is 20.3 Å². The van der Waals surface area contributed by atoms with E-state index in [-0.39, 0.29) is 29.3 Å². The normalized spacial score (nSPS) is 28.9. The van der Waals surface area contributed by atoms with Crippen molar-refractivity contribution in [3.63, 3.8) is 0 Å². The lowest BCUT2D eigenvalue weighted by atomic mass is 9.68. The molecule has 3 aliphatic rings. The van der Waals surface area contributed by atoms with Gasteiger partial charge >= 0.3 is 6.09 Å². The van der Waals surface area contributed by atoms with Crippen LogP contribution in [0, 0.1) is 29.6 Å². The number of allylic oxidation sites excluding steroid dienone is 1. The van der Waals surface area contributed by atoms with Gasteiger partial charge < -0.3 is 25.8 Å². The zero-order valence-electron chi connectivity index (χ0n) is 25.8. The Morgan fingerprint density at radius 3 is 2.59 bits per heavy atom. The van der Waals surface area contributed by atoms with Crippen LogP contribution in [0.15, 0.2) is 29.0 Å². The van der Waals surface area contributed by atoms with Crippen molar-refractivity contribution in [2.75, 3.05) is 19.8 Å². The van der Waals surface area contributed by atoms with Gasteiger partial charge in [0.25, 0.3) is 0 Å². The minimum atomic E-state index is -0.690. The highest BCUT2D eigenvalue weighted by Crippen LogP contribution is 2.42. The number of carbonyl (C=O) groups is 1. The summed E-state index contributed by atoms with van der Waals surface area (Å²) in [5, 5.41) is 14.5. The Hall–Kier alpha value is -2.06. The fourth-order valence-electron chi connectivity index (χ4n) is 6.62. The van der Waals surface area contributed by atoms with E-state index >= 15 is 0 Å². The van der Waals surface area contributed by atoms with Crippen LogP contribution in [0.4, 0.5) is 4.79 Å². The molecule has 3 rings (SSSR count). The molecule has 0 saturated carbocycles. The SMILES string of the molecule is C=C(N[C@H]1C2=CC(CC1CC)C[C@H](COC(N)=O)C2)C1C=NN(CCC(C)(C)NC(C)(C)C)C1OCC(C)C. The highest BCUT2D eigenvalue weighted by Gasteiger charge is 2.40. The molecule has 0 aromatic heterocycles. The molecule has 1 aliphatic heterocycles. The number of hydrogen-bond donors (Lipinski definition) is 3. The second kappa shape index (κ2) is 13.1. The number of hydrazone groups is 1. The van der Waals surface area contributed by atoms with Crippen LogP contribution in [0.2, 0.25) is 0 Å². The average molecular weight is 546 g/mol. The Labute approximate surface area is 237 Å². The molecular weight excluding hydrogens is 490 g/mol. The fraction of sp³-hybridized carbons (Fsp3) is 0.806. The number of fused-ring (bicyclic) bond motifs is 1. The highest BCUT2D eigenvalue weighted by atomic mass is 16.5. The fourth-order valence-corrected chi connectivity index (χ4v) is 6.62. The molecule has 1 amide bonds. The Bertz CT molecular complexity index is 906. The Morgan fingerprint density at radius 1 is 1.26 bits per heavy atom. The van der Waals surface area contributed by atoms with Crippen LogP contribution in [-0.4, -0.2) is 60.4 Å². The van der Waals surface area contributed by atoms with Gasteiger partial charge in [-0.05, 0) is 84.0 Å². The molecule has 1 heterocycles. The lowest BCUT2D eigenvalue weighted by molar-refractivity contribution is -0.0722. The number of nitrogens with one attached hydrogen (secondary N) is 2. The van der Waals surface area contributed by atoms with E-state index in [1.54, 1.807) is 0 Å². The monoisotopic (exact) mass is 545 g/mol. The lowest BCUT2D eigenvalue weighted by Gasteiger charge is -2.43. The molecule has 8 nitrogen and oxygen atoms in total. The van der Waals surface area contributed by atoms with Crippen LogP contribution in [0.3, 0.4) is 0 Å². The maximum atomic E-state index is 11.2. The molecule has 8 heteroatoms. The van der Waals surface area contributed by atoms with E-state index in [1.165, 1.54) is 5.57 Å². The van der Waals surface area contributed by atoms with Crippen molar-refractivity contribution >= 4 is 12.3 Å². The van der Waals surface area contributed by atoms with E-state index in [2.05, 4.69) is 83.7 Å². The second-order valence-electron chi connectivity index (χ2n) is 14.1. The van der Waals surface area contributed by atoms with E-state index < -0.39 is 6.09 Å². The molecule has 4 N–H and O–H groups in total. The maximum Gasteiger partial charge on any atom is 0.404 e. The minimum Gasteiger partial charge on any atom is -0.449 e. The van der Waals surface area contributed by atoms with Gasteiger partial charge in [-0.25, -0.2) is 4.79 Å². The summed E-state index contributed by atoms with van der Waals surface area (Å²) in [5.41, 5.74) is 7.62. The first-order valence-corrected chi connectivity index (χ1v) is 15.0. The third kappa shape index (κ3) is 9.24. The lowest BCUT2D eigenvalue weighted by Crippen LogP contribution is -2.52. The molecule has 4 unspecified atom stereocenters. The van der Waals surface area contributed by atoms with Crippen molar-refractivity contribution in [3.05, 3.63) is 23.9 Å². The predicted molar refractivity (Wildman–Crippen MR) is 159 cm³/mol. The third-order valence-electron chi connectivity index (χ3n) is 8.07. The van der Waals surface area contributed by atoms with Gasteiger partial charge in [0, 0.05) is 35.6 Å². The van der Waals surface area contributed by atoms with Gasteiger partial charge in [0.2, 0.25) is 0 Å². The number of primary amides is 1. The molecule has 0 aromatic carbocycles. The van der Waals surface area contributed by atoms with Crippen molar-refractivity contribution in [3.8, 4) is 0 Å². The number of rotatable bonds is 13. The first-order valence-electron chi connectivity index (χ1n) is 15.0. The summed E-state index contributed by atoms with van der Waals surface area (Å²) in [6.07, 6.45) is 8.74. The number of ether oxygens (including phenoxy) is 2. The van der Waals surface area contributed by atoms with Gasteiger partial charge in [-0.2, -0.15) is 5.10 Å². The maximum absolute atomic E-state index is 11.2. The molecule has 0 fully saturated rings. The van der Waals surface area contributed by atoms with E-state index in [9.17, 15) is 4.79 Å². The smallest absolute Gasteiger partial charge is 0.404 e. The first kappa shape index (κ1) is 31.5. The van der Waals surface area contributed by atoms with E-state index in [0.717, 1.165) is 44.3 Å². The molecule has 0 saturated heterocycles. The zero-order chi connectivity index (χ0) is 29.0. The molecule has 39 heavy (non-hydrogen) atoms. The molecule has 2 bridgehead atoms. The quantitative estimate of drug-likeness (QED) is 0.268. The van der Waals surface area contributed by atoms with Gasteiger partial charge in [0.15, 0.2) is 6.23 Å². The average Bonchev–Trinajstić information content (AvgIpc) is 3.23. The summed E-state index contributed by atoms with van der Waals surface area (Å²) in [6.45, 7) is 24.1. The first-order chi connectivity index (χ1) is 18.2. The van der Waals surface area contributed by atoms with Crippen molar-refractivity contribution in [2.45, 2.75) is 111 Å². The van der Waals surface area contributed by atoms with E-state index in [1.807, 2.05) is 6.21 Å². The highest BCUT2D eigenvalue weighted by molar-refractivity contribution is 5.67.